The van der Waals surface area contributed by atoms with E-state index in [4.69, 9.17) is 0 Å². The maximum Gasteiger partial charge on any atom is 0.00764 e. The molecule has 0 fully saturated rings. The van der Waals surface area contributed by atoms with Crippen LogP contribution in [-0.4, -0.2) is 0 Å². The van der Waals surface area contributed by atoms with Crippen LogP contribution in [-0.2, 0) is 0 Å². The summed E-state index contributed by atoms with van der Waals surface area (Å²) in [5.74, 6) is 0. The van der Waals surface area contributed by atoms with Crippen LogP contribution in [0.15, 0.2) is 30.3 Å². The number of benzene rings is 1. The van der Waals surface area contributed by atoms with Crippen molar-refractivity contribution in [1.82, 2.24) is 0 Å². The van der Waals surface area contributed by atoms with E-state index in [2.05, 4.69) is 59.3 Å². The Hall–Kier alpha value is 0.380. The lowest BCUT2D eigenvalue weighted by Crippen LogP contribution is -1.81. The molecule has 0 saturated heterocycles. The lowest BCUT2D eigenvalue weighted by molar-refractivity contribution is 1.10. The minimum Gasteiger partial charge on any atom is -0.0683 e. The molecule has 12 heavy (non-hydrogen) atoms. The maximum absolute atomic E-state index is 2.44. The molecular formula is C10H16IP. The van der Waals surface area contributed by atoms with E-state index >= 15 is 0 Å². The molecule has 0 heterocycles. The van der Waals surface area contributed by atoms with Crippen molar-refractivity contribution >= 4 is 28.3 Å². The van der Waals surface area contributed by atoms with Gasteiger partial charge >= 0.3 is 0 Å². The van der Waals surface area contributed by atoms with Gasteiger partial charge in [0.25, 0.3) is 0 Å². The van der Waals surface area contributed by atoms with E-state index in [9.17, 15) is 0 Å². The van der Waals surface area contributed by atoms with Gasteiger partial charge in [0.05, 0.1) is 0 Å². The van der Waals surface area contributed by atoms with Gasteiger partial charge in [0.1, 0.15) is 0 Å². The summed E-state index contributed by atoms with van der Waals surface area (Å²) in [5.41, 5.74) is 2.18. The van der Waals surface area contributed by atoms with Gasteiger partial charge in [-0.25, -0.2) is 0 Å². The fourth-order valence-electron chi connectivity index (χ4n) is 0.805. The van der Waals surface area contributed by atoms with Crippen LogP contribution in [0, 0.1) is 0 Å². The lowest BCUT2D eigenvalue weighted by Gasteiger charge is -2.05. The van der Waals surface area contributed by atoms with Crippen molar-refractivity contribution in [1.29, 1.82) is 0 Å². The molecule has 0 aromatic heterocycles. The second kappa shape index (κ2) is 8.00. The average molecular weight is 294 g/mol. The summed E-state index contributed by atoms with van der Waals surface area (Å²) in [4.78, 5) is 0. The van der Waals surface area contributed by atoms with Crippen molar-refractivity contribution in [3.63, 3.8) is 0 Å². The smallest absolute Gasteiger partial charge is 0.00764 e. The number of halogens is 1. The third-order valence-corrected chi connectivity index (χ3v) is 4.93. The summed E-state index contributed by atoms with van der Waals surface area (Å²) in [6.07, 6.45) is 0.979. The summed E-state index contributed by atoms with van der Waals surface area (Å²) in [6, 6.07) is 10.6. The molecular weight excluding hydrogens is 278 g/mol. The van der Waals surface area contributed by atoms with Crippen LogP contribution < -0.4 is 0 Å². The van der Waals surface area contributed by atoms with Crippen LogP contribution in [0.4, 0.5) is 0 Å². The third kappa shape index (κ3) is 4.42. The van der Waals surface area contributed by atoms with Crippen molar-refractivity contribution < 1.29 is 0 Å². The summed E-state index contributed by atoms with van der Waals surface area (Å²) in [7, 11) is 0. The zero-order valence-corrected chi connectivity index (χ0v) is 11.0. The third-order valence-electron chi connectivity index (χ3n) is 1.46. The summed E-state index contributed by atoms with van der Waals surface area (Å²) in [6.45, 7) is 6.26. The van der Waals surface area contributed by atoms with Gasteiger partial charge in [0.2, 0.25) is 0 Å². The molecule has 0 radical (unpaired) electrons. The molecule has 1 aromatic carbocycles. The van der Waals surface area contributed by atoms with Crippen LogP contribution in [0.5, 0.6) is 0 Å². The largest absolute Gasteiger partial charge is 0.0683 e. The van der Waals surface area contributed by atoms with Crippen LogP contribution in [0.3, 0.4) is 0 Å². The Labute approximate surface area is 90.4 Å². The van der Waals surface area contributed by atoms with Gasteiger partial charge in [-0.2, -0.15) is 0 Å². The minimum absolute atomic E-state index is 0.724. The first kappa shape index (κ1) is 12.4. The fourth-order valence-corrected chi connectivity index (χ4v) is 2.20. The van der Waals surface area contributed by atoms with Crippen molar-refractivity contribution in [2.75, 3.05) is 0 Å². The molecule has 0 aliphatic heterocycles. The van der Waals surface area contributed by atoms with Gasteiger partial charge in [0, 0.05) is 5.66 Å². The van der Waals surface area contributed by atoms with Crippen LogP contribution in [0.25, 0.3) is 0 Å². The Morgan fingerprint density at radius 3 is 2.08 bits per heavy atom. The van der Waals surface area contributed by atoms with Gasteiger partial charge in [-0.1, -0.05) is 73.1 Å². The molecule has 68 valence electrons. The molecule has 0 saturated carbocycles. The molecule has 0 bridgehead atoms. The predicted octanol–water partition coefficient (Wildman–Crippen LogP) is 4.80. The highest BCUT2D eigenvalue weighted by Crippen LogP contribution is 2.39. The monoisotopic (exact) mass is 294 g/mol. The molecule has 0 aliphatic rings. The van der Waals surface area contributed by atoms with Crippen LogP contribution in [0.1, 0.15) is 32.0 Å². The van der Waals surface area contributed by atoms with Gasteiger partial charge in [-0.3, -0.25) is 0 Å². The van der Waals surface area contributed by atoms with Crippen molar-refractivity contribution in [3.8, 4) is 0 Å². The highest BCUT2D eigenvalue weighted by atomic mass is 127. The summed E-state index contributed by atoms with van der Waals surface area (Å²) in [5, 5.41) is 0. The van der Waals surface area contributed by atoms with Gasteiger partial charge in [0.15, 0.2) is 0 Å². The summed E-state index contributed by atoms with van der Waals surface area (Å²) >= 11 is 2.44. The number of hydrogen-bond donors (Lipinski definition) is 0. The highest BCUT2D eigenvalue weighted by molar-refractivity contribution is 14.2. The first-order valence-corrected chi connectivity index (χ1v) is 8.45. The Balaban J connectivity index is 0.000000561. The molecule has 0 N–H and O–H groups in total. The molecule has 1 aromatic rings. The van der Waals surface area contributed by atoms with Crippen LogP contribution in [0.2, 0.25) is 0 Å². The maximum atomic E-state index is 2.44. The zero-order chi connectivity index (χ0) is 9.40. The van der Waals surface area contributed by atoms with E-state index < -0.39 is 0 Å². The van der Waals surface area contributed by atoms with E-state index in [1.54, 1.807) is 0 Å². The first-order valence-electron chi connectivity index (χ1n) is 4.25. The molecule has 2 unspecified atom stereocenters. The van der Waals surface area contributed by atoms with Crippen molar-refractivity contribution in [3.05, 3.63) is 35.9 Å². The molecule has 0 aliphatic carbocycles. The van der Waals surface area contributed by atoms with Crippen LogP contribution >= 0.6 is 28.3 Å². The fraction of sp³-hybridized carbons (Fsp3) is 0.400. The van der Waals surface area contributed by atoms with Crippen molar-refractivity contribution in [2.24, 2.45) is 0 Å². The lowest BCUT2D eigenvalue weighted by atomic mass is 10.2. The van der Waals surface area contributed by atoms with E-state index in [1.165, 1.54) is 5.56 Å². The Morgan fingerprint density at radius 1 is 1.17 bits per heavy atom. The van der Waals surface area contributed by atoms with E-state index in [0.29, 0.717) is 0 Å². The van der Waals surface area contributed by atoms with E-state index in [0.717, 1.165) is 11.9 Å². The molecule has 0 spiro atoms. The molecule has 2 heteroatoms. The Kier molecular flexibility index (Phi) is 8.25. The van der Waals surface area contributed by atoms with E-state index in [-0.39, 0.29) is 0 Å². The Bertz CT molecular complexity index is 186. The zero-order valence-electron chi connectivity index (χ0n) is 7.84. The predicted molar refractivity (Wildman–Crippen MR) is 68.5 cm³/mol. The standard InChI is InChI=1S/C8H10IP.C2H6/c1-7(10-9)8-5-3-2-4-6-8;1-2/h2-7,10H,1H3;1-2H3. The first-order chi connectivity index (χ1) is 5.84. The van der Waals surface area contributed by atoms with E-state index in [1.807, 2.05) is 13.8 Å². The molecule has 0 amide bonds. The quantitative estimate of drug-likeness (QED) is 0.543. The minimum atomic E-state index is 0.724. The normalized spacial score (nSPS) is 12.3. The second-order valence-electron chi connectivity index (χ2n) is 2.24. The SMILES string of the molecule is CC.CC(PI)c1ccccc1. The summed E-state index contributed by atoms with van der Waals surface area (Å²) < 4.78 is 0. The second-order valence-corrected chi connectivity index (χ2v) is 5.19. The van der Waals surface area contributed by atoms with Gasteiger partial charge < -0.3 is 0 Å². The van der Waals surface area contributed by atoms with Gasteiger partial charge in [-0.05, 0) is 11.8 Å². The Morgan fingerprint density at radius 2 is 1.67 bits per heavy atom. The molecule has 1 rings (SSSR count). The highest BCUT2D eigenvalue weighted by Gasteiger charge is 1.99. The molecule has 0 nitrogen and oxygen atoms in total. The van der Waals surface area contributed by atoms with Gasteiger partial charge in [-0.15, -0.1) is 0 Å². The van der Waals surface area contributed by atoms with Crippen molar-refractivity contribution in [2.45, 2.75) is 26.4 Å². The topological polar surface area (TPSA) is 0 Å². The number of rotatable bonds is 2. The molecule has 2 atom stereocenters. The number of hydrogen-bond acceptors (Lipinski definition) is 0. The average Bonchev–Trinajstić information content (AvgIpc) is 2.21.